The number of guanidine groups is 1. The van der Waals surface area contributed by atoms with Crippen molar-refractivity contribution in [3.05, 3.63) is 64.9 Å². The third-order valence-corrected chi connectivity index (χ3v) is 5.01. The monoisotopic (exact) mass is 385 g/mol. The molecule has 1 aromatic heterocycles. The predicted molar refractivity (Wildman–Crippen MR) is 112 cm³/mol. The molecule has 2 N–H and O–H groups in total. The summed E-state index contributed by atoms with van der Waals surface area (Å²) in [6.45, 7) is 6.57. The summed E-state index contributed by atoms with van der Waals surface area (Å²) in [6.07, 6.45) is 4.25. The van der Waals surface area contributed by atoms with E-state index in [0.717, 1.165) is 37.7 Å². The van der Waals surface area contributed by atoms with Crippen LogP contribution in [0.1, 0.15) is 30.9 Å². The number of hydrogen-bond donors (Lipinski definition) is 2. The zero-order valence-electron chi connectivity index (χ0n) is 15.9. The Kier molecular flexibility index (Phi) is 7.48. The fourth-order valence-electron chi connectivity index (χ4n) is 3.38. The van der Waals surface area contributed by atoms with Gasteiger partial charge in [0.15, 0.2) is 5.96 Å². The van der Waals surface area contributed by atoms with Crippen molar-refractivity contribution < 1.29 is 0 Å². The van der Waals surface area contributed by atoms with E-state index in [9.17, 15) is 0 Å². The number of likely N-dealkylation sites (tertiary alicyclic amines) is 1. The summed E-state index contributed by atoms with van der Waals surface area (Å²) in [6, 6.07) is 15.0. The summed E-state index contributed by atoms with van der Waals surface area (Å²) in [7, 11) is 0. The van der Waals surface area contributed by atoms with E-state index in [2.05, 4.69) is 62.8 Å². The molecule has 0 bridgehead atoms. The number of hydrogen-bond acceptors (Lipinski definition) is 3. The van der Waals surface area contributed by atoms with Crippen molar-refractivity contribution in [2.24, 2.45) is 4.99 Å². The molecular formula is C21H28ClN5. The second kappa shape index (κ2) is 10.3. The smallest absolute Gasteiger partial charge is 0.191 e. The van der Waals surface area contributed by atoms with E-state index in [1.54, 1.807) is 12.3 Å². The molecule has 0 radical (unpaired) electrons. The van der Waals surface area contributed by atoms with Crippen LogP contribution in [0.5, 0.6) is 0 Å². The highest BCUT2D eigenvalue weighted by Crippen LogP contribution is 2.19. The Bertz CT molecular complexity index is 717. The number of aliphatic imine (C=N–C) groups is 1. The fourth-order valence-corrected chi connectivity index (χ4v) is 3.49. The topological polar surface area (TPSA) is 52.6 Å². The molecule has 0 aliphatic carbocycles. The Morgan fingerprint density at radius 3 is 2.78 bits per heavy atom. The van der Waals surface area contributed by atoms with Gasteiger partial charge in [-0.25, -0.2) is 9.98 Å². The van der Waals surface area contributed by atoms with Crippen LogP contribution in [0.4, 0.5) is 0 Å². The molecule has 144 valence electrons. The van der Waals surface area contributed by atoms with Crippen LogP contribution in [0.3, 0.4) is 0 Å². The first kappa shape index (κ1) is 19.6. The van der Waals surface area contributed by atoms with Crippen LogP contribution >= 0.6 is 11.6 Å². The minimum atomic E-state index is 0.507. The molecule has 3 rings (SSSR count). The highest BCUT2D eigenvalue weighted by atomic mass is 35.5. The summed E-state index contributed by atoms with van der Waals surface area (Å²) in [5.74, 6) is 0.846. The maximum atomic E-state index is 5.84. The molecule has 1 aliphatic rings. The zero-order valence-corrected chi connectivity index (χ0v) is 16.6. The summed E-state index contributed by atoms with van der Waals surface area (Å²) < 4.78 is 0. The molecule has 0 amide bonds. The maximum absolute atomic E-state index is 5.84. The van der Waals surface area contributed by atoms with E-state index in [1.165, 1.54) is 18.4 Å². The molecule has 27 heavy (non-hydrogen) atoms. The SMILES string of the molecule is CCNC(=NCc1ccc(Cl)nc1)NCC1CCCN1Cc1ccccc1. The van der Waals surface area contributed by atoms with Gasteiger partial charge in [0.1, 0.15) is 5.15 Å². The average molecular weight is 386 g/mol. The van der Waals surface area contributed by atoms with Gasteiger partial charge >= 0.3 is 0 Å². The summed E-state index contributed by atoms with van der Waals surface area (Å²) >= 11 is 5.84. The Labute approximate surface area is 166 Å². The first-order valence-electron chi connectivity index (χ1n) is 9.65. The molecule has 1 atom stereocenters. The lowest BCUT2D eigenvalue weighted by Gasteiger charge is -2.25. The van der Waals surface area contributed by atoms with Crippen molar-refractivity contribution in [2.45, 2.75) is 38.9 Å². The van der Waals surface area contributed by atoms with Gasteiger partial charge < -0.3 is 10.6 Å². The molecule has 1 aliphatic heterocycles. The van der Waals surface area contributed by atoms with Crippen molar-refractivity contribution >= 4 is 17.6 Å². The molecule has 1 fully saturated rings. The number of rotatable bonds is 7. The van der Waals surface area contributed by atoms with E-state index >= 15 is 0 Å². The van der Waals surface area contributed by atoms with Gasteiger partial charge in [-0.3, -0.25) is 4.90 Å². The minimum absolute atomic E-state index is 0.507. The highest BCUT2D eigenvalue weighted by Gasteiger charge is 2.24. The number of nitrogens with one attached hydrogen (secondary N) is 2. The molecule has 1 aromatic carbocycles. The Morgan fingerprint density at radius 1 is 1.19 bits per heavy atom. The predicted octanol–water partition coefficient (Wildman–Crippen LogP) is 3.45. The Hall–Kier alpha value is -2.11. The van der Waals surface area contributed by atoms with E-state index in [1.807, 2.05) is 6.07 Å². The third-order valence-electron chi connectivity index (χ3n) is 4.79. The largest absolute Gasteiger partial charge is 0.357 e. The molecule has 2 heterocycles. The van der Waals surface area contributed by atoms with Crippen molar-refractivity contribution in [1.82, 2.24) is 20.5 Å². The van der Waals surface area contributed by atoms with E-state index in [0.29, 0.717) is 17.7 Å². The van der Waals surface area contributed by atoms with Crippen LogP contribution in [-0.2, 0) is 13.1 Å². The fraction of sp³-hybridized carbons (Fsp3) is 0.429. The van der Waals surface area contributed by atoms with Crippen LogP contribution in [0.15, 0.2) is 53.7 Å². The van der Waals surface area contributed by atoms with Crippen molar-refractivity contribution in [2.75, 3.05) is 19.6 Å². The van der Waals surface area contributed by atoms with Crippen LogP contribution in [-0.4, -0.2) is 41.5 Å². The number of nitrogens with zero attached hydrogens (tertiary/aromatic N) is 3. The highest BCUT2D eigenvalue weighted by molar-refractivity contribution is 6.29. The van der Waals surface area contributed by atoms with Crippen LogP contribution in [0.2, 0.25) is 5.15 Å². The Morgan fingerprint density at radius 2 is 2.04 bits per heavy atom. The minimum Gasteiger partial charge on any atom is -0.357 e. The standard InChI is InChI=1S/C21H28ClN5/c1-2-23-21(25-14-18-10-11-20(22)24-13-18)26-15-19-9-6-12-27(19)16-17-7-4-3-5-8-17/h3-5,7-8,10-11,13,19H,2,6,9,12,14-16H2,1H3,(H2,23,25,26). The lowest BCUT2D eigenvalue weighted by molar-refractivity contribution is 0.245. The first-order valence-corrected chi connectivity index (χ1v) is 10.0. The lowest BCUT2D eigenvalue weighted by Crippen LogP contribution is -2.44. The first-order chi connectivity index (χ1) is 13.2. The molecule has 1 unspecified atom stereocenters. The van der Waals surface area contributed by atoms with Gasteiger partial charge in [0.2, 0.25) is 0 Å². The normalized spacial score (nSPS) is 17.9. The van der Waals surface area contributed by atoms with Crippen molar-refractivity contribution in [3.8, 4) is 0 Å². The molecule has 6 heteroatoms. The average Bonchev–Trinajstić information content (AvgIpc) is 3.13. The van der Waals surface area contributed by atoms with Gasteiger partial charge in [-0.2, -0.15) is 0 Å². The van der Waals surface area contributed by atoms with Gasteiger partial charge in [0, 0.05) is 31.9 Å². The molecule has 0 saturated carbocycles. The molecule has 0 spiro atoms. The van der Waals surface area contributed by atoms with Gasteiger partial charge in [0.25, 0.3) is 0 Å². The number of pyridine rings is 1. The van der Waals surface area contributed by atoms with E-state index < -0.39 is 0 Å². The maximum Gasteiger partial charge on any atom is 0.191 e. The number of benzene rings is 1. The zero-order chi connectivity index (χ0) is 18.9. The summed E-state index contributed by atoms with van der Waals surface area (Å²) in [4.78, 5) is 11.4. The summed E-state index contributed by atoms with van der Waals surface area (Å²) in [5.41, 5.74) is 2.42. The van der Waals surface area contributed by atoms with Crippen molar-refractivity contribution in [3.63, 3.8) is 0 Å². The third kappa shape index (κ3) is 6.22. The van der Waals surface area contributed by atoms with Crippen LogP contribution in [0, 0.1) is 0 Å². The second-order valence-electron chi connectivity index (χ2n) is 6.82. The number of halogens is 1. The van der Waals surface area contributed by atoms with Crippen molar-refractivity contribution in [1.29, 1.82) is 0 Å². The molecule has 2 aromatic rings. The second-order valence-corrected chi connectivity index (χ2v) is 7.20. The van der Waals surface area contributed by atoms with Gasteiger partial charge in [-0.15, -0.1) is 0 Å². The van der Waals surface area contributed by atoms with E-state index in [4.69, 9.17) is 11.6 Å². The Balaban J connectivity index is 1.54. The molecule has 1 saturated heterocycles. The summed E-state index contributed by atoms with van der Waals surface area (Å²) in [5, 5.41) is 7.34. The van der Waals surface area contributed by atoms with E-state index in [-0.39, 0.29) is 0 Å². The van der Waals surface area contributed by atoms with Crippen LogP contribution in [0.25, 0.3) is 0 Å². The van der Waals surface area contributed by atoms with Gasteiger partial charge in [-0.1, -0.05) is 48.0 Å². The van der Waals surface area contributed by atoms with Crippen LogP contribution < -0.4 is 10.6 Å². The van der Waals surface area contributed by atoms with Gasteiger partial charge in [-0.05, 0) is 43.5 Å². The lowest BCUT2D eigenvalue weighted by atomic mass is 10.2. The molecular weight excluding hydrogens is 358 g/mol. The number of aromatic nitrogens is 1. The molecule has 5 nitrogen and oxygen atoms in total. The van der Waals surface area contributed by atoms with Gasteiger partial charge in [0.05, 0.1) is 6.54 Å². The quantitative estimate of drug-likeness (QED) is 0.435.